The highest BCUT2D eigenvalue weighted by molar-refractivity contribution is 9.10. The highest BCUT2D eigenvalue weighted by atomic mass is 79.9. The molecule has 21 heavy (non-hydrogen) atoms. The average molecular weight is 350 g/mol. The molecule has 1 atom stereocenters. The van der Waals surface area contributed by atoms with Crippen LogP contribution in [0.4, 0.5) is 10.1 Å². The summed E-state index contributed by atoms with van der Waals surface area (Å²) in [4.78, 5) is 0. The van der Waals surface area contributed by atoms with Gasteiger partial charge in [-0.25, -0.2) is 4.39 Å². The van der Waals surface area contributed by atoms with Crippen LogP contribution in [0.25, 0.3) is 0 Å². The largest absolute Gasteiger partial charge is 0.493 e. The smallest absolute Gasteiger partial charge is 0.146 e. The van der Waals surface area contributed by atoms with Crippen molar-refractivity contribution in [1.29, 1.82) is 0 Å². The molecule has 0 bridgehead atoms. The number of fused-ring (bicyclic) bond motifs is 1. The van der Waals surface area contributed by atoms with Crippen LogP contribution >= 0.6 is 15.9 Å². The van der Waals surface area contributed by atoms with Crippen molar-refractivity contribution < 1.29 is 9.13 Å². The minimum Gasteiger partial charge on any atom is -0.493 e. The average Bonchev–Trinajstić information content (AvgIpc) is 2.64. The number of hydrogen-bond acceptors (Lipinski definition) is 2. The highest BCUT2D eigenvalue weighted by Gasteiger charge is 2.20. The second-order valence-corrected chi connectivity index (χ2v) is 6.27. The molecular weight excluding hydrogens is 333 g/mol. The SMILES string of the molecule is Cc1ccc(NC2CCCOc3cc(Br)ccc32)c(F)c1. The van der Waals surface area contributed by atoms with Gasteiger partial charge in [-0.15, -0.1) is 0 Å². The Bertz CT molecular complexity index is 659. The lowest BCUT2D eigenvalue weighted by molar-refractivity contribution is 0.316. The number of rotatable bonds is 2. The zero-order valence-corrected chi connectivity index (χ0v) is 13.4. The minimum atomic E-state index is -0.209. The van der Waals surface area contributed by atoms with Crippen molar-refractivity contribution in [3.8, 4) is 5.75 Å². The zero-order chi connectivity index (χ0) is 14.8. The van der Waals surface area contributed by atoms with E-state index in [-0.39, 0.29) is 11.9 Å². The molecule has 110 valence electrons. The van der Waals surface area contributed by atoms with Gasteiger partial charge in [-0.05, 0) is 49.6 Å². The van der Waals surface area contributed by atoms with Crippen LogP contribution in [0, 0.1) is 12.7 Å². The molecule has 2 aromatic carbocycles. The molecule has 0 amide bonds. The molecule has 3 rings (SSSR count). The van der Waals surface area contributed by atoms with Crippen LogP contribution in [0.2, 0.25) is 0 Å². The lowest BCUT2D eigenvalue weighted by Gasteiger charge is -2.20. The summed E-state index contributed by atoms with van der Waals surface area (Å²) in [5.74, 6) is 0.658. The lowest BCUT2D eigenvalue weighted by atomic mass is 10.0. The van der Waals surface area contributed by atoms with Crippen molar-refractivity contribution in [2.75, 3.05) is 11.9 Å². The summed E-state index contributed by atoms with van der Waals surface area (Å²) in [5, 5.41) is 3.32. The van der Waals surface area contributed by atoms with E-state index >= 15 is 0 Å². The number of anilines is 1. The maximum absolute atomic E-state index is 14.0. The molecule has 2 aromatic rings. The molecular formula is C17H17BrFNO. The van der Waals surface area contributed by atoms with Crippen LogP contribution in [-0.2, 0) is 0 Å². The molecule has 1 unspecified atom stereocenters. The van der Waals surface area contributed by atoms with Gasteiger partial charge in [-0.1, -0.05) is 28.1 Å². The standard InChI is InChI=1S/C17H17BrFNO/c1-11-4-7-16(14(19)9-11)20-15-3-2-8-21-17-10-12(18)5-6-13(15)17/h4-7,9-10,15,20H,2-3,8H2,1H3. The van der Waals surface area contributed by atoms with Crippen LogP contribution in [0.5, 0.6) is 5.75 Å². The Kier molecular flexibility index (Phi) is 4.15. The van der Waals surface area contributed by atoms with Gasteiger partial charge in [-0.2, -0.15) is 0 Å². The third kappa shape index (κ3) is 3.21. The van der Waals surface area contributed by atoms with Crippen molar-refractivity contribution in [2.45, 2.75) is 25.8 Å². The lowest BCUT2D eigenvalue weighted by Crippen LogP contribution is -2.11. The summed E-state index contributed by atoms with van der Waals surface area (Å²) >= 11 is 3.46. The normalized spacial score (nSPS) is 17.6. The van der Waals surface area contributed by atoms with Gasteiger partial charge >= 0.3 is 0 Å². The predicted octanol–water partition coefficient (Wildman–Crippen LogP) is 5.22. The number of halogens is 2. The van der Waals surface area contributed by atoms with Gasteiger partial charge in [0.25, 0.3) is 0 Å². The van der Waals surface area contributed by atoms with E-state index in [4.69, 9.17) is 4.74 Å². The Hall–Kier alpha value is -1.55. The molecule has 0 spiro atoms. The molecule has 1 N–H and O–H groups in total. The summed E-state index contributed by atoms with van der Waals surface area (Å²) in [6, 6.07) is 11.3. The molecule has 0 aliphatic carbocycles. The van der Waals surface area contributed by atoms with Crippen LogP contribution < -0.4 is 10.1 Å². The second kappa shape index (κ2) is 6.06. The van der Waals surface area contributed by atoms with E-state index in [1.807, 2.05) is 31.2 Å². The maximum atomic E-state index is 14.0. The van der Waals surface area contributed by atoms with Crippen LogP contribution in [0.1, 0.15) is 30.0 Å². The van der Waals surface area contributed by atoms with Crippen molar-refractivity contribution in [3.05, 3.63) is 57.8 Å². The molecule has 0 saturated carbocycles. The molecule has 0 aromatic heterocycles. The Morgan fingerprint density at radius 1 is 1.24 bits per heavy atom. The number of benzene rings is 2. The number of ether oxygens (including phenoxy) is 1. The monoisotopic (exact) mass is 349 g/mol. The first kappa shape index (κ1) is 14.4. The summed E-state index contributed by atoms with van der Waals surface area (Å²) in [7, 11) is 0. The van der Waals surface area contributed by atoms with E-state index in [9.17, 15) is 4.39 Å². The van der Waals surface area contributed by atoms with E-state index in [2.05, 4.69) is 21.2 Å². The van der Waals surface area contributed by atoms with Crippen molar-refractivity contribution in [3.63, 3.8) is 0 Å². The van der Waals surface area contributed by atoms with E-state index in [0.29, 0.717) is 12.3 Å². The number of hydrogen-bond donors (Lipinski definition) is 1. The second-order valence-electron chi connectivity index (χ2n) is 5.35. The number of nitrogens with one attached hydrogen (secondary N) is 1. The summed E-state index contributed by atoms with van der Waals surface area (Å²) in [6.45, 7) is 2.58. The fraction of sp³-hybridized carbons (Fsp3) is 0.294. The molecule has 0 fully saturated rings. The van der Waals surface area contributed by atoms with E-state index in [0.717, 1.165) is 34.2 Å². The molecule has 1 aliphatic heterocycles. The maximum Gasteiger partial charge on any atom is 0.146 e. The van der Waals surface area contributed by atoms with Gasteiger partial charge in [-0.3, -0.25) is 0 Å². The van der Waals surface area contributed by atoms with E-state index < -0.39 is 0 Å². The minimum absolute atomic E-state index is 0.0628. The van der Waals surface area contributed by atoms with Gasteiger partial charge in [0.2, 0.25) is 0 Å². The zero-order valence-electron chi connectivity index (χ0n) is 11.8. The van der Waals surface area contributed by atoms with Gasteiger partial charge in [0.15, 0.2) is 0 Å². The fourth-order valence-electron chi connectivity index (χ4n) is 2.62. The third-order valence-corrected chi connectivity index (χ3v) is 4.19. The first-order valence-corrected chi connectivity index (χ1v) is 7.88. The van der Waals surface area contributed by atoms with Crippen molar-refractivity contribution in [1.82, 2.24) is 0 Å². The van der Waals surface area contributed by atoms with E-state index in [1.54, 1.807) is 12.1 Å². The Labute approximate surface area is 132 Å². The quantitative estimate of drug-likeness (QED) is 0.802. The van der Waals surface area contributed by atoms with Gasteiger partial charge < -0.3 is 10.1 Å². The van der Waals surface area contributed by atoms with Gasteiger partial charge in [0.05, 0.1) is 18.3 Å². The van der Waals surface area contributed by atoms with Crippen molar-refractivity contribution >= 4 is 21.6 Å². The topological polar surface area (TPSA) is 21.3 Å². The molecule has 0 radical (unpaired) electrons. The molecule has 0 saturated heterocycles. The predicted molar refractivity (Wildman–Crippen MR) is 86.4 cm³/mol. The summed E-state index contributed by atoms with van der Waals surface area (Å²) in [5.41, 5.74) is 2.55. The molecule has 1 aliphatic rings. The van der Waals surface area contributed by atoms with Gasteiger partial charge in [0, 0.05) is 10.0 Å². The van der Waals surface area contributed by atoms with Crippen LogP contribution in [0.3, 0.4) is 0 Å². The molecule has 1 heterocycles. The first-order chi connectivity index (χ1) is 10.1. The summed E-state index contributed by atoms with van der Waals surface area (Å²) < 4.78 is 20.8. The highest BCUT2D eigenvalue weighted by Crippen LogP contribution is 2.36. The Balaban J connectivity index is 1.92. The van der Waals surface area contributed by atoms with Gasteiger partial charge in [0.1, 0.15) is 11.6 Å². The number of aryl methyl sites for hydroxylation is 1. The Morgan fingerprint density at radius 3 is 2.90 bits per heavy atom. The van der Waals surface area contributed by atoms with E-state index in [1.165, 1.54) is 0 Å². The molecule has 4 heteroatoms. The Morgan fingerprint density at radius 2 is 2.10 bits per heavy atom. The van der Waals surface area contributed by atoms with Crippen LogP contribution in [-0.4, -0.2) is 6.61 Å². The third-order valence-electron chi connectivity index (χ3n) is 3.70. The fourth-order valence-corrected chi connectivity index (χ4v) is 2.96. The van der Waals surface area contributed by atoms with Crippen molar-refractivity contribution in [2.24, 2.45) is 0 Å². The van der Waals surface area contributed by atoms with Crippen LogP contribution in [0.15, 0.2) is 40.9 Å². The summed E-state index contributed by atoms with van der Waals surface area (Å²) in [6.07, 6.45) is 1.86. The first-order valence-electron chi connectivity index (χ1n) is 7.08. The molecule has 2 nitrogen and oxygen atoms in total.